The van der Waals surface area contributed by atoms with Gasteiger partial charge >= 0.3 is 0 Å². The molecule has 1 aromatic carbocycles. The highest BCUT2D eigenvalue weighted by molar-refractivity contribution is 5.45. The highest BCUT2D eigenvalue weighted by Gasteiger charge is 2.36. The summed E-state index contributed by atoms with van der Waals surface area (Å²) in [6.07, 6.45) is 5.19. The van der Waals surface area contributed by atoms with Gasteiger partial charge in [-0.15, -0.1) is 0 Å². The zero-order valence-corrected chi connectivity index (χ0v) is 13.3. The minimum Gasteiger partial charge on any atom is -0.330 e. The number of hydrogen-bond donors (Lipinski definition) is 1. The Morgan fingerprint density at radius 1 is 1.05 bits per heavy atom. The summed E-state index contributed by atoms with van der Waals surface area (Å²) in [6.45, 7) is 12.2. The fourth-order valence-electron chi connectivity index (χ4n) is 3.84. The van der Waals surface area contributed by atoms with E-state index in [2.05, 4.69) is 46.8 Å². The molecule has 0 amide bonds. The highest BCUT2D eigenvalue weighted by atomic mass is 14.6. The molecule has 1 heteroatoms. The smallest absolute Gasteiger partial charge is 0.00808 e. The fourth-order valence-corrected chi connectivity index (χ4v) is 3.84. The molecule has 19 heavy (non-hydrogen) atoms. The maximum absolute atomic E-state index is 6.16. The lowest BCUT2D eigenvalue weighted by Crippen LogP contribution is -2.34. The molecule has 0 saturated heterocycles. The first-order valence-corrected chi connectivity index (χ1v) is 7.62. The first-order valence-electron chi connectivity index (χ1n) is 7.62. The molecule has 0 unspecified atom stereocenters. The van der Waals surface area contributed by atoms with E-state index >= 15 is 0 Å². The van der Waals surface area contributed by atoms with E-state index in [0.29, 0.717) is 0 Å². The van der Waals surface area contributed by atoms with Gasteiger partial charge in [0.2, 0.25) is 0 Å². The second-order valence-corrected chi connectivity index (χ2v) is 7.43. The van der Waals surface area contributed by atoms with Gasteiger partial charge in [-0.2, -0.15) is 0 Å². The quantitative estimate of drug-likeness (QED) is 0.838. The summed E-state index contributed by atoms with van der Waals surface area (Å²) in [5.41, 5.74) is 12.5. The third kappa shape index (κ3) is 2.58. The van der Waals surface area contributed by atoms with E-state index in [1.54, 1.807) is 5.56 Å². The van der Waals surface area contributed by atoms with Crippen molar-refractivity contribution < 1.29 is 0 Å². The van der Waals surface area contributed by atoms with Crippen molar-refractivity contribution in [2.24, 2.45) is 5.73 Å². The molecule has 1 aliphatic carbocycles. The van der Waals surface area contributed by atoms with Crippen molar-refractivity contribution in [1.82, 2.24) is 0 Å². The zero-order valence-electron chi connectivity index (χ0n) is 13.3. The van der Waals surface area contributed by atoms with Crippen LogP contribution in [0.3, 0.4) is 0 Å². The normalized spacial score (nSPS) is 18.8. The average Bonchev–Trinajstić information content (AvgIpc) is 2.76. The number of nitrogens with two attached hydrogens (primary N) is 1. The first-order chi connectivity index (χ1) is 8.80. The molecule has 106 valence electrons. The summed E-state index contributed by atoms with van der Waals surface area (Å²) in [4.78, 5) is 0. The molecular weight excluding hydrogens is 230 g/mol. The van der Waals surface area contributed by atoms with Gasteiger partial charge in [0.05, 0.1) is 0 Å². The van der Waals surface area contributed by atoms with Crippen LogP contribution in [-0.4, -0.2) is 6.54 Å². The third-order valence-electron chi connectivity index (χ3n) is 4.88. The van der Waals surface area contributed by atoms with Crippen molar-refractivity contribution in [2.45, 2.75) is 71.1 Å². The van der Waals surface area contributed by atoms with Gasteiger partial charge in [0.25, 0.3) is 0 Å². The largest absolute Gasteiger partial charge is 0.330 e. The Morgan fingerprint density at radius 2 is 1.53 bits per heavy atom. The van der Waals surface area contributed by atoms with Gasteiger partial charge in [0, 0.05) is 12.0 Å². The molecular formula is C18H29N. The predicted octanol–water partition coefficient (Wildman–Crippen LogP) is 4.37. The van der Waals surface area contributed by atoms with E-state index in [1.165, 1.54) is 42.4 Å². The van der Waals surface area contributed by atoms with Crippen LogP contribution in [0, 0.1) is 13.8 Å². The summed E-state index contributed by atoms with van der Waals surface area (Å²) in [5, 5.41) is 0. The maximum atomic E-state index is 6.16. The van der Waals surface area contributed by atoms with Crippen LogP contribution >= 0.6 is 0 Å². The van der Waals surface area contributed by atoms with Gasteiger partial charge < -0.3 is 5.73 Å². The molecule has 2 rings (SSSR count). The van der Waals surface area contributed by atoms with Crippen LogP contribution in [0.15, 0.2) is 12.1 Å². The number of benzene rings is 1. The average molecular weight is 259 g/mol. The summed E-state index contributed by atoms with van der Waals surface area (Å²) in [5.74, 6) is 0. The third-order valence-corrected chi connectivity index (χ3v) is 4.88. The molecule has 1 nitrogen and oxygen atoms in total. The number of aryl methyl sites for hydroxylation is 2. The van der Waals surface area contributed by atoms with Crippen molar-refractivity contribution in [1.29, 1.82) is 0 Å². The van der Waals surface area contributed by atoms with Gasteiger partial charge in [0.1, 0.15) is 0 Å². The Balaban J connectivity index is 2.54. The Morgan fingerprint density at radius 3 is 1.89 bits per heavy atom. The summed E-state index contributed by atoms with van der Waals surface area (Å²) in [7, 11) is 0. The van der Waals surface area contributed by atoms with Gasteiger partial charge in [-0.25, -0.2) is 0 Å². The summed E-state index contributed by atoms with van der Waals surface area (Å²) in [6, 6.07) is 4.77. The van der Waals surface area contributed by atoms with Gasteiger partial charge in [-0.3, -0.25) is 0 Å². The molecule has 0 aliphatic heterocycles. The van der Waals surface area contributed by atoms with Crippen LogP contribution in [0.1, 0.15) is 68.7 Å². The van der Waals surface area contributed by atoms with Crippen LogP contribution in [-0.2, 0) is 10.8 Å². The van der Waals surface area contributed by atoms with Crippen LogP contribution in [0.5, 0.6) is 0 Å². The molecule has 0 aromatic heterocycles. The standard InChI is InChI=1S/C18H29N/c1-13-10-15(17(3,4)5)11-14(2)16(13)18(12-19)8-6-7-9-18/h10-11H,6-9,12,19H2,1-5H3. The lowest BCUT2D eigenvalue weighted by molar-refractivity contribution is 0.447. The van der Waals surface area contributed by atoms with Gasteiger partial charge in [0.15, 0.2) is 0 Å². The van der Waals surface area contributed by atoms with E-state index in [4.69, 9.17) is 5.73 Å². The minimum atomic E-state index is 0.222. The molecule has 1 aromatic rings. The molecule has 1 fully saturated rings. The lowest BCUT2D eigenvalue weighted by atomic mass is 9.73. The number of hydrogen-bond acceptors (Lipinski definition) is 1. The highest BCUT2D eigenvalue weighted by Crippen LogP contribution is 2.44. The summed E-state index contributed by atoms with van der Waals surface area (Å²) >= 11 is 0. The molecule has 0 atom stereocenters. The predicted molar refractivity (Wildman–Crippen MR) is 83.8 cm³/mol. The Bertz CT molecular complexity index is 436. The first kappa shape index (κ1) is 14.6. The molecule has 0 radical (unpaired) electrons. The lowest BCUT2D eigenvalue weighted by Gasteiger charge is -2.33. The van der Waals surface area contributed by atoms with Crippen LogP contribution < -0.4 is 5.73 Å². The molecule has 0 bridgehead atoms. The number of rotatable bonds is 2. The minimum absolute atomic E-state index is 0.222. The molecule has 0 spiro atoms. The van der Waals surface area contributed by atoms with Crippen molar-refractivity contribution in [3.8, 4) is 0 Å². The second-order valence-electron chi connectivity index (χ2n) is 7.43. The van der Waals surface area contributed by atoms with E-state index < -0.39 is 0 Å². The monoisotopic (exact) mass is 259 g/mol. The van der Waals surface area contributed by atoms with Crippen molar-refractivity contribution in [2.75, 3.05) is 6.54 Å². The van der Waals surface area contributed by atoms with Crippen LogP contribution in [0.4, 0.5) is 0 Å². The van der Waals surface area contributed by atoms with Crippen molar-refractivity contribution >= 4 is 0 Å². The second kappa shape index (κ2) is 4.94. The Hall–Kier alpha value is -0.820. The fraction of sp³-hybridized carbons (Fsp3) is 0.667. The molecule has 1 aliphatic rings. The van der Waals surface area contributed by atoms with Gasteiger partial charge in [-0.05, 0) is 54.4 Å². The molecule has 1 saturated carbocycles. The molecule has 2 N–H and O–H groups in total. The zero-order chi connectivity index (χ0) is 14.3. The molecule has 0 heterocycles. The SMILES string of the molecule is Cc1cc(C(C)(C)C)cc(C)c1C1(CN)CCCC1. The van der Waals surface area contributed by atoms with Crippen molar-refractivity contribution in [3.63, 3.8) is 0 Å². The van der Waals surface area contributed by atoms with E-state index in [0.717, 1.165) is 6.54 Å². The van der Waals surface area contributed by atoms with Gasteiger partial charge in [-0.1, -0.05) is 45.7 Å². The maximum Gasteiger partial charge on any atom is 0.00808 e. The van der Waals surface area contributed by atoms with E-state index in [1.807, 2.05) is 0 Å². The summed E-state index contributed by atoms with van der Waals surface area (Å²) < 4.78 is 0. The Labute approximate surface area is 118 Å². The van der Waals surface area contributed by atoms with Crippen molar-refractivity contribution in [3.05, 3.63) is 34.4 Å². The van der Waals surface area contributed by atoms with E-state index in [-0.39, 0.29) is 10.8 Å². The van der Waals surface area contributed by atoms with E-state index in [9.17, 15) is 0 Å². The Kier molecular flexibility index (Phi) is 3.79. The van der Waals surface area contributed by atoms with Crippen LogP contribution in [0.25, 0.3) is 0 Å². The van der Waals surface area contributed by atoms with Crippen LogP contribution in [0.2, 0.25) is 0 Å². The topological polar surface area (TPSA) is 26.0 Å².